The van der Waals surface area contributed by atoms with Gasteiger partial charge in [-0.25, -0.2) is 0 Å². The maximum atomic E-state index is 10.6. The van der Waals surface area contributed by atoms with Crippen molar-refractivity contribution in [2.45, 2.75) is 5.16 Å². The second-order valence-electron chi connectivity index (χ2n) is 1.88. The summed E-state index contributed by atoms with van der Waals surface area (Å²) in [7, 11) is -1.17. The Balaban J connectivity index is 4.78. The molecule has 0 bridgehead atoms. The van der Waals surface area contributed by atoms with Crippen LogP contribution in [0.2, 0.25) is 0 Å². The highest BCUT2D eigenvalue weighted by Crippen LogP contribution is 2.26. The van der Waals surface area contributed by atoms with Crippen LogP contribution >= 0.6 is 14.7 Å². The van der Waals surface area contributed by atoms with Gasteiger partial charge in [-0.05, 0) is 7.36 Å². The first-order valence-electron chi connectivity index (χ1n) is 2.67. The summed E-state index contributed by atoms with van der Waals surface area (Å²) in [6.45, 7) is 0. The minimum absolute atomic E-state index is 0.271. The van der Waals surface area contributed by atoms with Crippen molar-refractivity contribution in [3.05, 3.63) is 0 Å². The first kappa shape index (κ1) is 11.3. The molecule has 3 unspecified atom stereocenters. The molecule has 0 saturated carbocycles. The number of nitriles is 1. The minimum Gasteiger partial charge on any atom is -0.480 e. The molecule has 0 aliphatic heterocycles. The summed E-state index contributed by atoms with van der Waals surface area (Å²) in [6, 6.07) is 1.75. The van der Waals surface area contributed by atoms with Gasteiger partial charge >= 0.3 is 5.97 Å². The average Bonchev–Trinajstić information content (AvgIpc) is 2.00. The van der Waals surface area contributed by atoms with Gasteiger partial charge in [0.25, 0.3) is 0 Å². The number of aliphatic carboxylic acids is 1. The monoisotopic (exact) mass is 227 g/mol. The smallest absolute Gasteiger partial charge is 0.329 e. The van der Waals surface area contributed by atoms with Gasteiger partial charge in [0.15, 0.2) is 5.16 Å². The number of carbonyl (C=O) groups is 1. The first-order valence-corrected chi connectivity index (χ1v) is 7.84. The number of carboxylic acid groups (broad SMARTS) is 1. The third kappa shape index (κ3) is 2.65. The van der Waals surface area contributed by atoms with Crippen molar-refractivity contribution in [1.29, 1.82) is 5.26 Å². The Morgan fingerprint density at radius 3 is 2.36 bits per heavy atom. The first-order chi connectivity index (χ1) is 5.13. The lowest BCUT2D eigenvalue weighted by atomic mass is 10.2. The van der Waals surface area contributed by atoms with Gasteiger partial charge in [-0.15, -0.1) is 23.6 Å². The number of hydrogen-bond acceptors (Lipinski definition) is 4. The van der Waals surface area contributed by atoms with Crippen LogP contribution in [-0.4, -0.2) is 22.4 Å². The van der Waals surface area contributed by atoms with Gasteiger partial charge in [-0.2, -0.15) is 5.26 Å². The number of hydrogen-bond donors (Lipinski definition) is 1. The Kier molecular flexibility index (Phi) is 5.12. The van der Waals surface area contributed by atoms with Crippen molar-refractivity contribution >= 4 is 44.3 Å². The second-order valence-corrected chi connectivity index (χ2v) is 5.55. The van der Waals surface area contributed by atoms with Crippen LogP contribution in [0.25, 0.3) is 0 Å². The van der Waals surface area contributed by atoms with Gasteiger partial charge in [0.2, 0.25) is 0 Å². The van der Waals surface area contributed by atoms with E-state index in [2.05, 4.69) is 23.6 Å². The molecule has 0 aliphatic rings. The van der Waals surface area contributed by atoms with E-state index in [1.807, 2.05) is 0 Å². The van der Waals surface area contributed by atoms with Crippen LogP contribution in [0.5, 0.6) is 0 Å². The fourth-order valence-electron chi connectivity index (χ4n) is 0.437. The summed E-state index contributed by atoms with van der Waals surface area (Å²) in [5.41, 5.74) is 0. The number of carboxylic acids is 1. The zero-order valence-corrected chi connectivity index (χ0v) is 9.42. The molecular formula is C4H7NO2P2S2. The lowest BCUT2D eigenvalue weighted by Gasteiger charge is -2.12. The normalized spacial score (nSPS) is 17.0. The van der Waals surface area contributed by atoms with E-state index in [0.717, 1.165) is 0 Å². The van der Waals surface area contributed by atoms with Crippen LogP contribution in [0.4, 0.5) is 0 Å². The maximum Gasteiger partial charge on any atom is 0.329 e. The summed E-state index contributed by atoms with van der Waals surface area (Å²) in [5.74, 6) is -1.11. The van der Waals surface area contributed by atoms with Gasteiger partial charge in [0, 0.05) is 6.16 Å². The van der Waals surface area contributed by atoms with E-state index < -0.39 is 18.5 Å². The maximum absolute atomic E-state index is 10.6. The molecule has 3 nitrogen and oxygen atoms in total. The van der Waals surface area contributed by atoms with Crippen molar-refractivity contribution in [2.75, 3.05) is 6.16 Å². The summed E-state index contributed by atoms with van der Waals surface area (Å²) < 4.78 is 0. The van der Waals surface area contributed by atoms with E-state index in [1.54, 1.807) is 6.07 Å². The van der Waals surface area contributed by atoms with Crippen LogP contribution in [0.3, 0.4) is 0 Å². The molecule has 0 fully saturated rings. The zero-order valence-electron chi connectivity index (χ0n) is 5.48. The number of nitrogens with zero attached hydrogens (tertiary/aromatic N) is 1. The molecule has 0 amide bonds. The molecule has 0 radical (unpaired) electrons. The molecule has 1 N–H and O–H groups in total. The van der Waals surface area contributed by atoms with E-state index in [4.69, 9.17) is 10.4 Å². The Morgan fingerprint density at radius 1 is 1.73 bits per heavy atom. The second kappa shape index (κ2) is 5.00. The lowest BCUT2D eigenvalue weighted by molar-refractivity contribution is -0.137. The van der Waals surface area contributed by atoms with Crippen LogP contribution < -0.4 is 0 Å². The van der Waals surface area contributed by atoms with E-state index in [1.165, 1.54) is 0 Å². The molecular weight excluding hydrogens is 220 g/mol. The summed E-state index contributed by atoms with van der Waals surface area (Å²) in [4.78, 5) is 10.6. The van der Waals surface area contributed by atoms with E-state index in [-0.39, 0.29) is 13.5 Å². The van der Waals surface area contributed by atoms with Crippen LogP contribution in [-0.2, 0) is 28.4 Å². The van der Waals surface area contributed by atoms with E-state index in [9.17, 15) is 4.79 Å². The predicted molar refractivity (Wildman–Crippen MR) is 55.0 cm³/mol. The quantitative estimate of drug-likeness (QED) is 0.689. The van der Waals surface area contributed by atoms with Crippen LogP contribution in [0.1, 0.15) is 0 Å². The number of rotatable bonds is 4. The predicted octanol–water partition coefficient (Wildman–Crippen LogP) is 0.0788. The Labute approximate surface area is 77.1 Å². The van der Waals surface area contributed by atoms with Crippen LogP contribution in [0, 0.1) is 11.3 Å². The van der Waals surface area contributed by atoms with Gasteiger partial charge in [0.05, 0.1) is 6.07 Å². The fourth-order valence-corrected chi connectivity index (χ4v) is 4.49. The Hall–Kier alpha value is 0.260. The Morgan fingerprint density at radius 2 is 2.27 bits per heavy atom. The average molecular weight is 227 g/mol. The summed E-state index contributed by atoms with van der Waals surface area (Å²) >= 11 is 9.36. The molecule has 62 valence electrons. The highest BCUT2D eigenvalue weighted by atomic mass is 32.4. The van der Waals surface area contributed by atoms with Crippen LogP contribution in [0.15, 0.2) is 0 Å². The van der Waals surface area contributed by atoms with Crippen molar-refractivity contribution < 1.29 is 9.90 Å². The highest BCUT2D eigenvalue weighted by molar-refractivity contribution is 7.99. The van der Waals surface area contributed by atoms with E-state index >= 15 is 0 Å². The van der Waals surface area contributed by atoms with Crippen molar-refractivity contribution in [3.63, 3.8) is 0 Å². The molecule has 0 aromatic heterocycles. The van der Waals surface area contributed by atoms with E-state index in [0.29, 0.717) is 0 Å². The molecule has 0 rings (SSSR count). The van der Waals surface area contributed by atoms with Gasteiger partial charge in [0.1, 0.15) is 0 Å². The molecule has 11 heavy (non-hydrogen) atoms. The van der Waals surface area contributed by atoms with Crippen molar-refractivity contribution in [1.82, 2.24) is 0 Å². The molecule has 0 aromatic carbocycles. The third-order valence-corrected chi connectivity index (χ3v) is 5.19. The minimum atomic E-state index is -1.31. The fraction of sp³-hybridized carbons (Fsp3) is 0.500. The largest absolute Gasteiger partial charge is 0.480 e. The molecule has 0 aliphatic carbocycles. The molecule has 3 atom stereocenters. The van der Waals surface area contributed by atoms with Crippen molar-refractivity contribution in [3.8, 4) is 6.07 Å². The lowest BCUT2D eigenvalue weighted by Crippen LogP contribution is -2.32. The molecule has 0 heterocycles. The third-order valence-electron chi connectivity index (χ3n) is 1.19. The molecule has 0 saturated heterocycles. The van der Waals surface area contributed by atoms with Gasteiger partial charge in [-0.1, -0.05) is 7.36 Å². The van der Waals surface area contributed by atoms with Gasteiger partial charge < -0.3 is 5.11 Å². The van der Waals surface area contributed by atoms with Gasteiger partial charge in [-0.3, -0.25) is 4.79 Å². The zero-order chi connectivity index (χ0) is 8.91. The Bertz CT molecular complexity index is 239. The highest BCUT2D eigenvalue weighted by Gasteiger charge is 2.34. The molecule has 7 heteroatoms. The van der Waals surface area contributed by atoms with Crippen molar-refractivity contribution in [2.24, 2.45) is 0 Å². The SMILES string of the molecule is N#CC(C[PH2]=S)([PH2]=S)C(=O)O. The summed E-state index contributed by atoms with van der Waals surface area (Å²) in [6.07, 6.45) is 0.271. The topological polar surface area (TPSA) is 61.1 Å². The molecule has 0 aromatic rings. The molecule has 0 spiro atoms. The summed E-state index contributed by atoms with van der Waals surface area (Å²) in [5, 5.41) is 15.9. The standard InChI is InChI=1S/C4H7NO2P2S2/c5-1-4(9-11,2-8-10)3(6)7/h2,8-9H2,(H,6,7).